The van der Waals surface area contributed by atoms with Crippen LogP contribution in [0.25, 0.3) is 0 Å². The Morgan fingerprint density at radius 1 is 1.39 bits per heavy atom. The highest BCUT2D eigenvalue weighted by molar-refractivity contribution is 5.92. The van der Waals surface area contributed by atoms with Crippen LogP contribution >= 0.6 is 0 Å². The molecule has 0 unspecified atom stereocenters. The molecule has 1 aromatic heterocycles. The third-order valence-electron chi connectivity index (χ3n) is 2.91. The number of likely N-dealkylation sites (N-methyl/N-ethyl adjacent to an activating group) is 1. The van der Waals surface area contributed by atoms with E-state index in [4.69, 9.17) is 11.5 Å². The standard InChI is InChI=1S/C11H15N5O2/c1-15-4-5-16(6-9(15)17)11-7(12)2-3-8(14-11)10(13)18/h2-3H,4-6,12H2,1H3,(H2,13,18). The van der Waals surface area contributed by atoms with E-state index in [9.17, 15) is 9.59 Å². The van der Waals surface area contributed by atoms with Gasteiger partial charge < -0.3 is 21.3 Å². The van der Waals surface area contributed by atoms with Crippen molar-refractivity contribution in [1.82, 2.24) is 9.88 Å². The first-order valence-corrected chi connectivity index (χ1v) is 5.54. The van der Waals surface area contributed by atoms with Gasteiger partial charge in [0.2, 0.25) is 5.91 Å². The molecule has 0 aromatic carbocycles. The first-order valence-electron chi connectivity index (χ1n) is 5.54. The Hall–Kier alpha value is -2.31. The summed E-state index contributed by atoms with van der Waals surface area (Å²) in [6, 6.07) is 3.05. The second-order valence-corrected chi connectivity index (χ2v) is 4.21. The zero-order chi connectivity index (χ0) is 13.3. The summed E-state index contributed by atoms with van der Waals surface area (Å²) >= 11 is 0. The molecule has 1 aromatic rings. The fourth-order valence-corrected chi connectivity index (χ4v) is 1.79. The van der Waals surface area contributed by atoms with Gasteiger partial charge in [0.25, 0.3) is 5.91 Å². The van der Waals surface area contributed by atoms with Gasteiger partial charge in [-0.25, -0.2) is 4.98 Å². The maximum absolute atomic E-state index is 11.6. The summed E-state index contributed by atoms with van der Waals surface area (Å²) in [5.74, 6) is -0.184. The van der Waals surface area contributed by atoms with Crippen molar-refractivity contribution < 1.29 is 9.59 Å². The molecule has 1 aliphatic heterocycles. The number of amides is 2. The lowest BCUT2D eigenvalue weighted by Gasteiger charge is -2.33. The number of nitrogens with zero attached hydrogens (tertiary/aromatic N) is 3. The molecule has 7 nitrogen and oxygen atoms in total. The first-order chi connectivity index (χ1) is 8.49. The van der Waals surface area contributed by atoms with E-state index in [1.54, 1.807) is 22.9 Å². The van der Waals surface area contributed by atoms with E-state index in [2.05, 4.69) is 4.98 Å². The molecule has 18 heavy (non-hydrogen) atoms. The first kappa shape index (κ1) is 12.2. The Kier molecular flexibility index (Phi) is 3.05. The number of hydrogen-bond acceptors (Lipinski definition) is 5. The number of carbonyl (C=O) groups is 2. The number of piperazine rings is 1. The molecular formula is C11H15N5O2. The summed E-state index contributed by atoms with van der Waals surface area (Å²) in [6.45, 7) is 1.43. The fourth-order valence-electron chi connectivity index (χ4n) is 1.79. The van der Waals surface area contributed by atoms with Crippen molar-refractivity contribution in [3.05, 3.63) is 17.8 Å². The minimum absolute atomic E-state index is 0.00747. The van der Waals surface area contributed by atoms with Gasteiger partial charge in [-0.05, 0) is 12.1 Å². The Morgan fingerprint density at radius 2 is 2.11 bits per heavy atom. The minimum atomic E-state index is -0.614. The van der Waals surface area contributed by atoms with Crippen molar-refractivity contribution in [2.24, 2.45) is 5.73 Å². The van der Waals surface area contributed by atoms with Gasteiger partial charge in [-0.2, -0.15) is 0 Å². The molecule has 0 radical (unpaired) electrons. The number of aromatic nitrogens is 1. The van der Waals surface area contributed by atoms with E-state index >= 15 is 0 Å². The van der Waals surface area contributed by atoms with Crippen molar-refractivity contribution >= 4 is 23.3 Å². The van der Waals surface area contributed by atoms with Gasteiger partial charge in [0.05, 0.1) is 12.2 Å². The third-order valence-corrected chi connectivity index (χ3v) is 2.91. The van der Waals surface area contributed by atoms with Crippen molar-refractivity contribution in [2.75, 3.05) is 37.3 Å². The van der Waals surface area contributed by atoms with E-state index in [1.165, 1.54) is 6.07 Å². The molecule has 2 heterocycles. The Balaban J connectivity index is 2.30. The Bertz CT molecular complexity index is 502. The SMILES string of the molecule is CN1CCN(c2nc(C(N)=O)ccc2N)CC1=O. The zero-order valence-corrected chi connectivity index (χ0v) is 10.1. The molecule has 0 bridgehead atoms. The van der Waals surface area contributed by atoms with Crippen LogP contribution < -0.4 is 16.4 Å². The van der Waals surface area contributed by atoms with Crippen LogP contribution in [0.1, 0.15) is 10.5 Å². The summed E-state index contributed by atoms with van der Waals surface area (Å²) in [5.41, 5.74) is 11.6. The van der Waals surface area contributed by atoms with Crippen LogP contribution in [0.3, 0.4) is 0 Å². The molecule has 4 N–H and O–H groups in total. The maximum atomic E-state index is 11.6. The van der Waals surface area contributed by atoms with Gasteiger partial charge in [-0.1, -0.05) is 0 Å². The molecule has 1 aliphatic rings. The van der Waals surface area contributed by atoms with Crippen molar-refractivity contribution in [3.63, 3.8) is 0 Å². The number of carbonyl (C=O) groups excluding carboxylic acids is 2. The van der Waals surface area contributed by atoms with Crippen molar-refractivity contribution in [3.8, 4) is 0 Å². The van der Waals surface area contributed by atoms with Crippen LogP contribution in [0.15, 0.2) is 12.1 Å². The second kappa shape index (κ2) is 4.52. The third kappa shape index (κ3) is 2.20. The number of anilines is 2. The second-order valence-electron chi connectivity index (χ2n) is 4.21. The van der Waals surface area contributed by atoms with E-state index in [1.807, 2.05) is 0 Å². The summed E-state index contributed by atoms with van der Waals surface area (Å²) in [4.78, 5) is 30.2. The summed E-state index contributed by atoms with van der Waals surface area (Å²) < 4.78 is 0. The van der Waals surface area contributed by atoms with Gasteiger partial charge >= 0.3 is 0 Å². The smallest absolute Gasteiger partial charge is 0.267 e. The number of pyridine rings is 1. The average Bonchev–Trinajstić information content (AvgIpc) is 2.33. The topological polar surface area (TPSA) is 106 Å². The van der Waals surface area contributed by atoms with Crippen LogP contribution in [0.2, 0.25) is 0 Å². The summed E-state index contributed by atoms with van der Waals surface area (Å²) in [5, 5.41) is 0. The lowest BCUT2D eigenvalue weighted by atomic mass is 10.2. The van der Waals surface area contributed by atoms with Crippen molar-refractivity contribution in [1.29, 1.82) is 0 Å². The van der Waals surface area contributed by atoms with Gasteiger partial charge in [0.1, 0.15) is 5.69 Å². The van der Waals surface area contributed by atoms with Gasteiger partial charge in [0.15, 0.2) is 5.82 Å². The lowest BCUT2D eigenvalue weighted by molar-refractivity contribution is -0.129. The zero-order valence-electron chi connectivity index (χ0n) is 10.1. The molecule has 0 atom stereocenters. The molecule has 0 saturated carbocycles. The number of nitrogen functional groups attached to an aromatic ring is 1. The van der Waals surface area contributed by atoms with Crippen LogP contribution in [-0.4, -0.2) is 48.4 Å². The summed E-state index contributed by atoms with van der Waals surface area (Å²) in [6.07, 6.45) is 0. The van der Waals surface area contributed by atoms with Gasteiger partial charge in [-0.3, -0.25) is 9.59 Å². The molecule has 1 fully saturated rings. The number of primary amides is 1. The lowest BCUT2D eigenvalue weighted by Crippen LogP contribution is -2.49. The highest BCUT2D eigenvalue weighted by atomic mass is 16.2. The highest BCUT2D eigenvalue weighted by Crippen LogP contribution is 2.22. The quantitative estimate of drug-likeness (QED) is 0.702. The molecule has 2 amide bonds. The van der Waals surface area contributed by atoms with E-state index in [0.717, 1.165) is 0 Å². The predicted molar refractivity (Wildman–Crippen MR) is 67.0 cm³/mol. The average molecular weight is 249 g/mol. The fraction of sp³-hybridized carbons (Fsp3) is 0.364. The van der Waals surface area contributed by atoms with Crippen LogP contribution in [0.5, 0.6) is 0 Å². The molecular weight excluding hydrogens is 234 g/mol. The molecule has 2 rings (SSSR count). The Morgan fingerprint density at radius 3 is 2.72 bits per heavy atom. The summed E-state index contributed by atoms with van der Waals surface area (Å²) in [7, 11) is 1.75. The largest absolute Gasteiger partial charge is 0.396 e. The van der Waals surface area contributed by atoms with E-state index < -0.39 is 5.91 Å². The molecule has 1 saturated heterocycles. The van der Waals surface area contributed by atoms with E-state index in [-0.39, 0.29) is 18.1 Å². The molecule has 7 heteroatoms. The number of nitrogens with two attached hydrogens (primary N) is 2. The van der Waals surface area contributed by atoms with Crippen molar-refractivity contribution in [2.45, 2.75) is 0 Å². The maximum Gasteiger partial charge on any atom is 0.267 e. The van der Waals surface area contributed by atoms with Crippen LogP contribution in [0, 0.1) is 0 Å². The molecule has 96 valence electrons. The minimum Gasteiger partial charge on any atom is -0.396 e. The monoisotopic (exact) mass is 249 g/mol. The van der Waals surface area contributed by atoms with Crippen LogP contribution in [0.4, 0.5) is 11.5 Å². The molecule has 0 spiro atoms. The van der Waals surface area contributed by atoms with Gasteiger partial charge in [0, 0.05) is 20.1 Å². The van der Waals surface area contributed by atoms with Gasteiger partial charge in [-0.15, -0.1) is 0 Å². The predicted octanol–water partition coefficient (Wildman–Crippen LogP) is -0.959. The number of rotatable bonds is 2. The van der Waals surface area contributed by atoms with Crippen LogP contribution in [-0.2, 0) is 4.79 Å². The number of hydrogen-bond donors (Lipinski definition) is 2. The molecule has 0 aliphatic carbocycles. The Labute approximate surface area is 104 Å². The highest BCUT2D eigenvalue weighted by Gasteiger charge is 2.23. The van der Waals surface area contributed by atoms with E-state index in [0.29, 0.717) is 24.6 Å². The normalized spacial score (nSPS) is 15.9.